The van der Waals surface area contributed by atoms with Gasteiger partial charge in [0.05, 0.1) is 0 Å². The molecule has 2 aromatic carbocycles. The van der Waals surface area contributed by atoms with E-state index in [-0.39, 0.29) is 6.04 Å². The lowest BCUT2D eigenvalue weighted by Crippen LogP contribution is -2.04. The van der Waals surface area contributed by atoms with E-state index >= 15 is 0 Å². The van der Waals surface area contributed by atoms with Gasteiger partial charge in [0, 0.05) is 10.5 Å². The summed E-state index contributed by atoms with van der Waals surface area (Å²) in [4.78, 5) is 0. The van der Waals surface area contributed by atoms with E-state index in [4.69, 9.17) is 5.73 Å². The fourth-order valence-electron chi connectivity index (χ4n) is 1.52. The normalized spacial score (nSPS) is 13.1. The Labute approximate surface area is 92.1 Å². The summed E-state index contributed by atoms with van der Waals surface area (Å²) >= 11 is 3.46. The summed E-state index contributed by atoms with van der Waals surface area (Å²) in [5.74, 6) is 0. The lowest BCUT2D eigenvalue weighted by atomic mass is 10.0. The Morgan fingerprint density at radius 1 is 1.07 bits per heavy atom. The van der Waals surface area contributed by atoms with E-state index in [1.807, 2.05) is 13.0 Å². The van der Waals surface area contributed by atoms with E-state index in [9.17, 15) is 0 Å². The monoisotopic (exact) mass is 249 g/mol. The van der Waals surface area contributed by atoms with Crippen molar-refractivity contribution < 1.29 is 0 Å². The molecule has 0 aliphatic heterocycles. The Morgan fingerprint density at radius 2 is 1.79 bits per heavy atom. The van der Waals surface area contributed by atoms with E-state index in [0.717, 1.165) is 4.47 Å². The average molecular weight is 250 g/mol. The van der Waals surface area contributed by atoms with Crippen molar-refractivity contribution in [1.29, 1.82) is 0 Å². The first-order valence-electron chi connectivity index (χ1n) is 4.61. The predicted molar refractivity (Wildman–Crippen MR) is 64.3 cm³/mol. The molecule has 0 amide bonds. The van der Waals surface area contributed by atoms with E-state index < -0.39 is 0 Å². The van der Waals surface area contributed by atoms with Gasteiger partial charge in [-0.1, -0.05) is 34.1 Å². The van der Waals surface area contributed by atoms with Crippen molar-refractivity contribution in [2.45, 2.75) is 13.0 Å². The van der Waals surface area contributed by atoms with Crippen LogP contribution in [-0.2, 0) is 0 Å². The third-order valence-electron chi connectivity index (χ3n) is 2.35. The van der Waals surface area contributed by atoms with E-state index in [2.05, 4.69) is 46.3 Å². The summed E-state index contributed by atoms with van der Waals surface area (Å²) in [7, 11) is 0. The molecule has 0 saturated heterocycles. The van der Waals surface area contributed by atoms with Crippen LogP contribution in [0.5, 0.6) is 0 Å². The van der Waals surface area contributed by atoms with Crippen LogP contribution in [0.4, 0.5) is 0 Å². The summed E-state index contributed by atoms with van der Waals surface area (Å²) in [6.07, 6.45) is 0. The Hall–Kier alpha value is -0.860. The SMILES string of the molecule is C[C@@H](N)c1ccc2ccc(Br)cc2c1. The van der Waals surface area contributed by atoms with Gasteiger partial charge in [0.1, 0.15) is 0 Å². The molecule has 2 N–H and O–H groups in total. The van der Waals surface area contributed by atoms with Crippen LogP contribution in [-0.4, -0.2) is 0 Å². The minimum absolute atomic E-state index is 0.0957. The van der Waals surface area contributed by atoms with Crippen LogP contribution in [0.25, 0.3) is 10.8 Å². The smallest absolute Gasteiger partial charge is 0.0266 e. The topological polar surface area (TPSA) is 26.0 Å². The molecule has 72 valence electrons. The molecule has 0 spiro atoms. The summed E-state index contributed by atoms with van der Waals surface area (Å²) in [6, 6.07) is 12.7. The summed E-state index contributed by atoms with van der Waals surface area (Å²) in [5.41, 5.74) is 7.01. The quantitative estimate of drug-likeness (QED) is 0.821. The molecule has 0 heterocycles. The molecule has 2 aromatic rings. The summed E-state index contributed by atoms with van der Waals surface area (Å²) < 4.78 is 1.10. The van der Waals surface area contributed by atoms with Crippen molar-refractivity contribution in [3.05, 3.63) is 46.4 Å². The first kappa shape index (κ1) is 9.69. The average Bonchev–Trinajstić information content (AvgIpc) is 2.16. The number of benzene rings is 2. The van der Waals surface area contributed by atoms with Gasteiger partial charge in [0.25, 0.3) is 0 Å². The molecule has 1 nitrogen and oxygen atoms in total. The number of fused-ring (bicyclic) bond motifs is 1. The lowest BCUT2D eigenvalue weighted by molar-refractivity contribution is 0.820. The first-order valence-corrected chi connectivity index (χ1v) is 5.41. The minimum atomic E-state index is 0.0957. The van der Waals surface area contributed by atoms with E-state index in [1.54, 1.807) is 0 Å². The van der Waals surface area contributed by atoms with Gasteiger partial charge in [-0.05, 0) is 41.5 Å². The van der Waals surface area contributed by atoms with Gasteiger partial charge in [-0.3, -0.25) is 0 Å². The lowest BCUT2D eigenvalue weighted by Gasteiger charge is -2.07. The minimum Gasteiger partial charge on any atom is -0.324 e. The highest BCUT2D eigenvalue weighted by atomic mass is 79.9. The van der Waals surface area contributed by atoms with Gasteiger partial charge in [-0.2, -0.15) is 0 Å². The highest BCUT2D eigenvalue weighted by Crippen LogP contribution is 2.22. The van der Waals surface area contributed by atoms with Crippen LogP contribution in [0, 0.1) is 0 Å². The van der Waals surface area contributed by atoms with E-state index in [1.165, 1.54) is 16.3 Å². The molecule has 0 unspecified atom stereocenters. The highest BCUT2D eigenvalue weighted by Gasteiger charge is 2.00. The second-order valence-electron chi connectivity index (χ2n) is 3.54. The third-order valence-corrected chi connectivity index (χ3v) is 2.85. The maximum Gasteiger partial charge on any atom is 0.0266 e. The molecular weight excluding hydrogens is 238 g/mol. The first-order chi connectivity index (χ1) is 6.66. The maximum atomic E-state index is 5.83. The molecule has 1 atom stereocenters. The third kappa shape index (κ3) is 1.81. The van der Waals surface area contributed by atoms with Crippen molar-refractivity contribution in [3.63, 3.8) is 0 Å². The standard InChI is InChI=1S/C12H12BrN/c1-8(14)10-3-2-9-4-5-12(13)7-11(9)6-10/h2-8H,14H2,1H3/t8-/m1/s1. The van der Waals surface area contributed by atoms with Crippen LogP contribution in [0.3, 0.4) is 0 Å². The molecule has 2 rings (SSSR count). The molecule has 0 bridgehead atoms. The van der Waals surface area contributed by atoms with Gasteiger partial charge in [-0.15, -0.1) is 0 Å². The zero-order valence-electron chi connectivity index (χ0n) is 8.00. The Kier molecular flexibility index (Phi) is 2.57. The molecular formula is C12H12BrN. The van der Waals surface area contributed by atoms with Crippen LogP contribution in [0.1, 0.15) is 18.5 Å². The molecule has 0 aliphatic carbocycles. The predicted octanol–water partition coefficient (Wildman–Crippen LogP) is 3.62. The van der Waals surface area contributed by atoms with Gasteiger partial charge in [0.2, 0.25) is 0 Å². The highest BCUT2D eigenvalue weighted by molar-refractivity contribution is 9.10. The molecule has 0 fully saturated rings. The molecule has 0 aliphatic rings. The van der Waals surface area contributed by atoms with Crippen molar-refractivity contribution in [2.24, 2.45) is 5.73 Å². The van der Waals surface area contributed by atoms with E-state index in [0.29, 0.717) is 0 Å². The Morgan fingerprint density at radius 3 is 2.50 bits per heavy atom. The van der Waals surface area contributed by atoms with Crippen molar-refractivity contribution in [2.75, 3.05) is 0 Å². The molecule has 0 radical (unpaired) electrons. The maximum absolute atomic E-state index is 5.83. The molecule has 14 heavy (non-hydrogen) atoms. The summed E-state index contributed by atoms with van der Waals surface area (Å²) in [5, 5.41) is 2.48. The number of nitrogens with two attached hydrogens (primary N) is 1. The van der Waals surface area contributed by atoms with Gasteiger partial charge < -0.3 is 5.73 Å². The van der Waals surface area contributed by atoms with Gasteiger partial charge in [0.15, 0.2) is 0 Å². The number of halogens is 1. The number of hydrogen-bond acceptors (Lipinski definition) is 1. The van der Waals surface area contributed by atoms with Crippen molar-refractivity contribution >= 4 is 26.7 Å². The fraction of sp³-hybridized carbons (Fsp3) is 0.167. The summed E-state index contributed by atoms with van der Waals surface area (Å²) in [6.45, 7) is 2.00. The fourth-order valence-corrected chi connectivity index (χ4v) is 1.90. The van der Waals surface area contributed by atoms with Crippen LogP contribution >= 0.6 is 15.9 Å². The molecule has 2 heteroatoms. The molecule has 0 saturated carbocycles. The van der Waals surface area contributed by atoms with Crippen molar-refractivity contribution in [3.8, 4) is 0 Å². The number of hydrogen-bond donors (Lipinski definition) is 1. The van der Waals surface area contributed by atoms with Crippen LogP contribution < -0.4 is 5.73 Å². The second kappa shape index (κ2) is 3.71. The zero-order valence-corrected chi connectivity index (χ0v) is 9.58. The Balaban J connectivity index is 2.63. The largest absolute Gasteiger partial charge is 0.324 e. The van der Waals surface area contributed by atoms with Gasteiger partial charge >= 0.3 is 0 Å². The zero-order chi connectivity index (χ0) is 10.1. The number of rotatable bonds is 1. The Bertz CT molecular complexity index is 463. The van der Waals surface area contributed by atoms with Gasteiger partial charge in [-0.25, -0.2) is 0 Å². The second-order valence-corrected chi connectivity index (χ2v) is 4.46. The van der Waals surface area contributed by atoms with Crippen molar-refractivity contribution in [1.82, 2.24) is 0 Å². The van der Waals surface area contributed by atoms with Crippen LogP contribution in [0.2, 0.25) is 0 Å². The van der Waals surface area contributed by atoms with Crippen LogP contribution in [0.15, 0.2) is 40.9 Å². The molecule has 0 aromatic heterocycles.